The molecule has 1 aliphatic heterocycles. The van der Waals surface area contributed by atoms with Crippen LogP contribution in [-0.4, -0.2) is 47.0 Å². The van der Waals surface area contributed by atoms with Gasteiger partial charge in [-0.1, -0.05) is 6.07 Å². The molecule has 0 bridgehead atoms. The molecule has 0 amide bonds. The third-order valence-corrected chi connectivity index (χ3v) is 5.53. The second kappa shape index (κ2) is 7.05. The van der Waals surface area contributed by atoms with Crippen LogP contribution < -0.4 is 5.32 Å². The smallest absolute Gasteiger partial charge is 0.228 e. The van der Waals surface area contributed by atoms with Crippen LogP contribution in [0.3, 0.4) is 0 Å². The van der Waals surface area contributed by atoms with Gasteiger partial charge in [-0.3, -0.25) is 0 Å². The van der Waals surface area contributed by atoms with Crippen LogP contribution in [0.2, 0.25) is 0 Å². The lowest BCUT2D eigenvalue weighted by atomic mass is 9.96. The molecule has 1 aliphatic rings. The van der Waals surface area contributed by atoms with Gasteiger partial charge in [0.25, 0.3) is 0 Å². The standard InChI is InChI=1S/C17H23N5O2S/c1-12-10-13(2)19-17(18-12)21-16-8-4-7-15(20-16)14-6-5-9-22(11-14)25(3,23)24/h4,7-8,10,14H,5-6,9,11H2,1-3H3,(H,18,19,20,21)/t14-/m1/s1. The van der Waals surface area contributed by atoms with Crippen molar-refractivity contribution in [2.24, 2.45) is 0 Å². The largest absolute Gasteiger partial charge is 0.309 e. The van der Waals surface area contributed by atoms with Gasteiger partial charge in [0.1, 0.15) is 5.82 Å². The van der Waals surface area contributed by atoms with Crippen molar-refractivity contribution in [3.8, 4) is 0 Å². The van der Waals surface area contributed by atoms with Crippen LogP contribution in [0.5, 0.6) is 0 Å². The minimum atomic E-state index is -3.17. The third-order valence-electron chi connectivity index (χ3n) is 4.26. The topological polar surface area (TPSA) is 88.1 Å². The lowest BCUT2D eigenvalue weighted by molar-refractivity contribution is 0.314. The molecule has 1 atom stereocenters. The summed E-state index contributed by atoms with van der Waals surface area (Å²) in [4.78, 5) is 13.4. The van der Waals surface area contributed by atoms with Gasteiger partial charge in [0, 0.05) is 36.1 Å². The van der Waals surface area contributed by atoms with Gasteiger partial charge in [0.2, 0.25) is 16.0 Å². The summed E-state index contributed by atoms with van der Waals surface area (Å²) in [5.74, 6) is 1.29. The molecule has 1 N–H and O–H groups in total. The zero-order chi connectivity index (χ0) is 18.0. The normalized spacial score (nSPS) is 18.9. The number of anilines is 2. The number of hydrogen-bond acceptors (Lipinski definition) is 6. The van der Waals surface area contributed by atoms with Crippen LogP contribution in [0.1, 0.15) is 35.8 Å². The third kappa shape index (κ3) is 4.52. The molecule has 1 saturated heterocycles. The van der Waals surface area contributed by atoms with Crippen molar-refractivity contribution in [1.29, 1.82) is 0 Å². The Morgan fingerprint density at radius 1 is 1.16 bits per heavy atom. The molecule has 2 aromatic rings. The van der Waals surface area contributed by atoms with E-state index in [1.165, 1.54) is 10.6 Å². The molecule has 2 aromatic heterocycles. The molecular weight excluding hydrogens is 338 g/mol. The van der Waals surface area contributed by atoms with Crippen LogP contribution in [0.4, 0.5) is 11.8 Å². The lowest BCUT2D eigenvalue weighted by Gasteiger charge is -2.30. The predicted molar refractivity (Wildman–Crippen MR) is 97.4 cm³/mol. The summed E-state index contributed by atoms with van der Waals surface area (Å²) in [6.07, 6.45) is 3.04. The summed E-state index contributed by atoms with van der Waals surface area (Å²) >= 11 is 0. The van der Waals surface area contributed by atoms with Crippen LogP contribution in [-0.2, 0) is 10.0 Å². The molecule has 3 heterocycles. The second-order valence-electron chi connectivity index (χ2n) is 6.51. The monoisotopic (exact) mass is 361 g/mol. The van der Waals surface area contributed by atoms with Gasteiger partial charge >= 0.3 is 0 Å². The first-order valence-corrected chi connectivity index (χ1v) is 10.2. The first kappa shape index (κ1) is 17.8. The SMILES string of the molecule is Cc1cc(C)nc(Nc2cccc([C@@H]3CCCN(S(C)(=O)=O)C3)n2)n1. The van der Waals surface area contributed by atoms with E-state index in [4.69, 9.17) is 0 Å². The maximum absolute atomic E-state index is 11.8. The first-order chi connectivity index (χ1) is 11.8. The highest BCUT2D eigenvalue weighted by molar-refractivity contribution is 7.88. The minimum absolute atomic E-state index is 0.102. The minimum Gasteiger partial charge on any atom is -0.309 e. The van der Waals surface area contributed by atoms with Gasteiger partial charge < -0.3 is 5.32 Å². The van der Waals surface area contributed by atoms with E-state index < -0.39 is 10.0 Å². The Morgan fingerprint density at radius 3 is 2.56 bits per heavy atom. The molecule has 8 heteroatoms. The number of nitrogens with zero attached hydrogens (tertiary/aromatic N) is 4. The van der Waals surface area contributed by atoms with Crippen molar-refractivity contribution in [3.63, 3.8) is 0 Å². The van der Waals surface area contributed by atoms with E-state index in [0.717, 1.165) is 29.9 Å². The Labute approximate surface area is 148 Å². The van der Waals surface area contributed by atoms with Crippen LogP contribution in [0.25, 0.3) is 0 Å². The number of piperidine rings is 1. The molecular formula is C17H23N5O2S. The predicted octanol–water partition coefficient (Wildman–Crippen LogP) is 2.37. The van der Waals surface area contributed by atoms with Crippen molar-refractivity contribution in [1.82, 2.24) is 19.3 Å². The van der Waals surface area contributed by atoms with E-state index in [1.54, 1.807) is 0 Å². The van der Waals surface area contributed by atoms with Gasteiger partial charge in [-0.15, -0.1) is 0 Å². The molecule has 134 valence electrons. The molecule has 0 unspecified atom stereocenters. The number of sulfonamides is 1. The zero-order valence-corrected chi connectivity index (χ0v) is 15.5. The van der Waals surface area contributed by atoms with E-state index in [9.17, 15) is 8.42 Å². The lowest BCUT2D eigenvalue weighted by Crippen LogP contribution is -2.38. The number of rotatable bonds is 4. The first-order valence-electron chi connectivity index (χ1n) is 8.32. The number of hydrogen-bond donors (Lipinski definition) is 1. The van der Waals surface area contributed by atoms with Crippen molar-refractivity contribution in [3.05, 3.63) is 41.3 Å². The number of aromatic nitrogens is 3. The van der Waals surface area contributed by atoms with Gasteiger partial charge in [0.05, 0.1) is 6.26 Å². The van der Waals surface area contributed by atoms with Crippen molar-refractivity contribution in [2.75, 3.05) is 24.7 Å². The summed E-state index contributed by atoms with van der Waals surface area (Å²) in [7, 11) is -3.17. The Hall–Kier alpha value is -2.06. The van der Waals surface area contributed by atoms with Crippen molar-refractivity contribution < 1.29 is 8.42 Å². The zero-order valence-electron chi connectivity index (χ0n) is 14.7. The molecule has 0 aliphatic carbocycles. The Morgan fingerprint density at radius 2 is 1.88 bits per heavy atom. The Kier molecular flexibility index (Phi) is 5.01. The average Bonchev–Trinajstić information content (AvgIpc) is 2.53. The maximum atomic E-state index is 11.8. The summed E-state index contributed by atoms with van der Waals surface area (Å²) in [6.45, 7) is 4.91. The Bertz CT molecular complexity index is 849. The van der Waals surface area contributed by atoms with Gasteiger partial charge in [0.15, 0.2) is 0 Å². The van der Waals surface area contributed by atoms with Crippen molar-refractivity contribution in [2.45, 2.75) is 32.6 Å². The summed E-state index contributed by atoms with van der Waals surface area (Å²) in [5.41, 5.74) is 2.67. The maximum Gasteiger partial charge on any atom is 0.228 e. The molecule has 0 spiro atoms. The highest BCUT2D eigenvalue weighted by Crippen LogP contribution is 2.27. The summed E-state index contributed by atoms with van der Waals surface area (Å²) < 4.78 is 25.2. The van der Waals surface area contributed by atoms with E-state index in [-0.39, 0.29) is 5.92 Å². The fraction of sp³-hybridized carbons (Fsp3) is 0.471. The molecule has 25 heavy (non-hydrogen) atoms. The fourth-order valence-electron chi connectivity index (χ4n) is 3.13. The number of nitrogens with one attached hydrogen (secondary N) is 1. The van der Waals surface area contributed by atoms with Gasteiger partial charge in [-0.25, -0.2) is 27.7 Å². The van der Waals surface area contributed by atoms with Crippen LogP contribution in [0.15, 0.2) is 24.3 Å². The van der Waals surface area contributed by atoms with E-state index >= 15 is 0 Å². The molecule has 0 radical (unpaired) electrons. The summed E-state index contributed by atoms with van der Waals surface area (Å²) in [6, 6.07) is 7.65. The average molecular weight is 361 g/mol. The molecule has 3 rings (SSSR count). The van der Waals surface area contributed by atoms with E-state index in [2.05, 4.69) is 20.3 Å². The Balaban J connectivity index is 1.79. The van der Waals surface area contributed by atoms with E-state index in [1.807, 2.05) is 38.1 Å². The van der Waals surface area contributed by atoms with Gasteiger partial charge in [-0.2, -0.15) is 0 Å². The molecule has 1 fully saturated rings. The number of pyridine rings is 1. The highest BCUT2D eigenvalue weighted by atomic mass is 32.2. The molecule has 0 saturated carbocycles. The fourth-order valence-corrected chi connectivity index (χ4v) is 4.04. The van der Waals surface area contributed by atoms with Gasteiger partial charge in [-0.05, 0) is 44.9 Å². The van der Waals surface area contributed by atoms with Crippen LogP contribution in [0, 0.1) is 13.8 Å². The molecule has 7 nitrogen and oxygen atoms in total. The quantitative estimate of drug-likeness (QED) is 0.899. The summed E-state index contributed by atoms with van der Waals surface area (Å²) in [5, 5.41) is 3.14. The number of aryl methyl sites for hydroxylation is 2. The second-order valence-corrected chi connectivity index (χ2v) is 8.49. The molecule has 0 aromatic carbocycles. The van der Waals surface area contributed by atoms with E-state index in [0.29, 0.717) is 24.9 Å². The van der Waals surface area contributed by atoms with Crippen LogP contribution >= 0.6 is 0 Å². The van der Waals surface area contributed by atoms with Crippen molar-refractivity contribution >= 4 is 21.8 Å². The highest BCUT2D eigenvalue weighted by Gasteiger charge is 2.27.